The lowest BCUT2D eigenvalue weighted by molar-refractivity contribution is 0.0583. The number of nitrogens with zero attached hydrogens (tertiary/aromatic N) is 2. The first-order valence-corrected chi connectivity index (χ1v) is 6.16. The van der Waals surface area contributed by atoms with Crippen LogP contribution in [0.5, 0.6) is 0 Å². The summed E-state index contributed by atoms with van der Waals surface area (Å²) in [6.07, 6.45) is 6.52. The molecule has 1 saturated heterocycles. The van der Waals surface area contributed by atoms with Gasteiger partial charge >= 0.3 is 0 Å². The number of rotatable bonds is 2. The smallest absolute Gasteiger partial charge is 0.255 e. The van der Waals surface area contributed by atoms with Crippen molar-refractivity contribution in [2.45, 2.75) is 38.3 Å². The van der Waals surface area contributed by atoms with E-state index in [1.807, 2.05) is 17.9 Å². The molecule has 2 rings (SSSR count). The number of aromatic nitrogens is 1. The zero-order valence-corrected chi connectivity index (χ0v) is 10.2. The van der Waals surface area contributed by atoms with Gasteiger partial charge in [-0.25, -0.2) is 0 Å². The predicted octanol–water partition coefficient (Wildman–Crippen LogP) is 1.42. The maximum absolute atomic E-state index is 12.3. The third-order valence-corrected chi connectivity index (χ3v) is 3.33. The molecule has 2 N–H and O–H groups in total. The molecule has 2 heterocycles. The van der Waals surface area contributed by atoms with Crippen molar-refractivity contribution in [3.8, 4) is 0 Å². The molecule has 0 saturated carbocycles. The summed E-state index contributed by atoms with van der Waals surface area (Å²) in [5, 5.41) is 0. The molecule has 0 aliphatic carbocycles. The Morgan fingerprint density at radius 2 is 2.41 bits per heavy atom. The summed E-state index contributed by atoms with van der Waals surface area (Å²) in [6.45, 7) is 2.78. The van der Waals surface area contributed by atoms with Gasteiger partial charge in [-0.2, -0.15) is 0 Å². The molecule has 0 radical (unpaired) electrons. The Morgan fingerprint density at radius 1 is 1.59 bits per heavy atom. The van der Waals surface area contributed by atoms with Crippen LogP contribution in [0.3, 0.4) is 0 Å². The number of hydrogen-bond acceptors (Lipinski definition) is 3. The second kappa shape index (κ2) is 5.27. The van der Waals surface area contributed by atoms with Crippen molar-refractivity contribution in [1.29, 1.82) is 0 Å². The van der Waals surface area contributed by atoms with E-state index in [0.29, 0.717) is 5.56 Å². The molecule has 0 aromatic carbocycles. The Kier molecular flexibility index (Phi) is 3.74. The maximum Gasteiger partial charge on any atom is 0.255 e. The van der Waals surface area contributed by atoms with Gasteiger partial charge in [-0.3, -0.25) is 9.78 Å². The number of carbonyl (C=O) groups excluding carboxylic acids is 1. The van der Waals surface area contributed by atoms with E-state index in [9.17, 15) is 4.79 Å². The summed E-state index contributed by atoms with van der Waals surface area (Å²) in [7, 11) is 0. The van der Waals surface area contributed by atoms with E-state index in [1.165, 1.54) is 0 Å². The van der Waals surface area contributed by atoms with Crippen LogP contribution in [0, 0.1) is 0 Å². The molecular formula is C13H19N3O. The second-order valence-corrected chi connectivity index (χ2v) is 4.66. The molecule has 1 aliphatic rings. The summed E-state index contributed by atoms with van der Waals surface area (Å²) in [6, 6.07) is 3.78. The molecule has 1 fully saturated rings. The maximum atomic E-state index is 12.3. The highest BCUT2D eigenvalue weighted by Gasteiger charge is 2.29. The minimum absolute atomic E-state index is 0.0240. The van der Waals surface area contributed by atoms with Crippen LogP contribution in [0.15, 0.2) is 24.5 Å². The fraction of sp³-hybridized carbons (Fsp3) is 0.538. The average Bonchev–Trinajstić information content (AvgIpc) is 2.39. The second-order valence-electron chi connectivity index (χ2n) is 4.66. The summed E-state index contributed by atoms with van der Waals surface area (Å²) in [5.74, 6) is 0.0556. The molecule has 0 unspecified atom stereocenters. The van der Waals surface area contributed by atoms with Gasteiger partial charge in [0.05, 0.1) is 5.56 Å². The zero-order chi connectivity index (χ0) is 12.3. The molecule has 92 valence electrons. The quantitative estimate of drug-likeness (QED) is 0.840. The van der Waals surface area contributed by atoms with Crippen LogP contribution in [0.2, 0.25) is 0 Å². The number of likely N-dealkylation sites (tertiary alicyclic amines) is 1. The largest absolute Gasteiger partial charge is 0.334 e. The number of amides is 1. The van der Waals surface area contributed by atoms with Crippen molar-refractivity contribution >= 4 is 5.91 Å². The van der Waals surface area contributed by atoms with Gasteiger partial charge in [0, 0.05) is 31.0 Å². The van der Waals surface area contributed by atoms with Crippen molar-refractivity contribution in [1.82, 2.24) is 9.88 Å². The summed E-state index contributed by atoms with van der Waals surface area (Å²) in [4.78, 5) is 18.2. The molecule has 1 aliphatic heterocycles. The third kappa shape index (κ3) is 2.64. The van der Waals surface area contributed by atoms with E-state index in [4.69, 9.17) is 5.73 Å². The van der Waals surface area contributed by atoms with Crippen molar-refractivity contribution < 1.29 is 4.79 Å². The van der Waals surface area contributed by atoms with Gasteiger partial charge in [0.2, 0.25) is 0 Å². The van der Waals surface area contributed by atoms with Gasteiger partial charge < -0.3 is 10.6 Å². The van der Waals surface area contributed by atoms with Crippen LogP contribution >= 0.6 is 0 Å². The van der Waals surface area contributed by atoms with Crippen LogP contribution in [-0.2, 0) is 0 Å². The molecule has 1 aromatic heterocycles. The van der Waals surface area contributed by atoms with Gasteiger partial charge in [-0.1, -0.05) is 0 Å². The first kappa shape index (κ1) is 12.0. The first-order chi connectivity index (χ1) is 8.20. The van der Waals surface area contributed by atoms with E-state index < -0.39 is 0 Å². The Bertz CT molecular complexity index is 378. The topological polar surface area (TPSA) is 59.2 Å². The van der Waals surface area contributed by atoms with Gasteiger partial charge in [-0.15, -0.1) is 0 Å². The minimum Gasteiger partial charge on any atom is -0.334 e. The highest BCUT2D eigenvalue weighted by molar-refractivity contribution is 5.94. The van der Waals surface area contributed by atoms with Crippen LogP contribution in [0.4, 0.5) is 0 Å². The van der Waals surface area contributed by atoms with Gasteiger partial charge in [0.1, 0.15) is 0 Å². The minimum atomic E-state index is 0.0240. The lowest BCUT2D eigenvalue weighted by Crippen LogP contribution is -2.51. The molecule has 2 atom stereocenters. The van der Waals surface area contributed by atoms with Gasteiger partial charge in [-0.05, 0) is 38.3 Å². The number of carbonyl (C=O) groups is 1. The average molecular weight is 233 g/mol. The van der Waals surface area contributed by atoms with Crippen LogP contribution in [0.1, 0.15) is 36.5 Å². The number of nitrogens with two attached hydrogens (primary N) is 1. The van der Waals surface area contributed by atoms with Crippen LogP contribution in [-0.4, -0.2) is 34.4 Å². The Morgan fingerprint density at radius 3 is 3.06 bits per heavy atom. The van der Waals surface area contributed by atoms with E-state index in [-0.39, 0.29) is 18.0 Å². The fourth-order valence-corrected chi connectivity index (χ4v) is 2.41. The monoisotopic (exact) mass is 233 g/mol. The van der Waals surface area contributed by atoms with Crippen LogP contribution in [0.25, 0.3) is 0 Å². The van der Waals surface area contributed by atoms with E-state index in [2.05, 4.69) is 4.98 Å². The molecule has 1 aromatic rings. The van der Waals surface area contributed by atoms with Gasteiger partial charge in [0.15, 0.2) is 0 Å². The van der Waals surface area contributed by atoms with E-state index in [0.717, 1.165) is 25.8 Å². The number of piperidine rings is 1. The number of hydrogen-bond donors (Lipinski definition) is 1. The fourth-order valence-electron chi connectivity index (χ4n) is 2.41. The molecule has 4 nitrogen and oxygen atoms in total. The van der Waals surface area contributed by atoms with Gasteiger partial charge in [0.25, 0.3) is 5.91 Å². The molecule has 1 amide bonds. The van der Waals surface area contributed by atoms with E-state index >= 15 is 0 Å². The van der Waals surface area contributed by atoms with Crippen LogP contribution < -0.4 is 5.73 Å². The lowest BCUT2D eigenvalue weighted by atomic mass is 9.96. The Balaban J connectivity index is 2.17. The van der Waals surface area contributed by atoms with E-state index in [1.54, 1.807) is 18.5 Å². The predicted molar refractivity (Wildman–Crippen MR) is 66.6 cm³/mol. The molecule has 4 heteroatoms. The zero-order valence-electron chi connectivity index (χ0n) is 10.2. The normalized spacial score (nSPS) is 22.2. The Hall–Kier alpha value is -1.42. The number of pyridine rings is 1. The molecular weight excluding hydrogens is 214 g/mol. The van der Waals surface area contributed by atoms with Crippen molar-refractivity contribution in [3.63, 3.8) is 0 Å². The summed E-state index contributed by atoms with van der Waals surface area (Å²) >= 11 is 0. The van der Waals surface area contributed by atoms with Crippen molar-refractivity contribution in [2.24, 2.45) is 5.73 Å². The lowest BCUT2D eigenvalue weighted by Gasteiger charge is -2.38. The highest BCUT2D eigenvalue weighted by atomic mass is 16.2. The summed E-state index contributed by atoms with van der Waals surface area (Å²) < 4.78 is 0. The first-order valence-electron chi connectivity index (χ1n) is 6.16. The standard InChI is InChI=1S/C13H19N3O/c1-10(14)12-6-2-3-8-16(12)13(17)11-5-4-7-15-9-11/h4-5,7,9-10,12H,2-3,6,8,14H2,1H3/t10-,12-/m0/s1. The molecule has 0 bridgehead atoms. The third-order valence-electron chi connectivity index (χ3n) is 3.33. The molecule has 17 heavy (non-hydrogen) atoms. The highest BCUT2D eigenvalue weighted by Crippen LogP contribution is 2.21. The van der Waals surface area contributed by atoms with Crippen molar-refractivity contribution in [3.05, 3.63) is 30.1 Å². The van der Waals surface area contributed by atoms with Crippen molar-refractivity contribution in [2.75, 3.05) is 6.54 Å². The Labute approximate surface area is 102 Å². The molecule has 0 spiro atoms. The SMILES string of the molecule is C[C@H](N)[C@@H]1CCCCN1C(=O)c1cccnc1. The summed E-state index contributed by atoms with van der Waals surface area (Å²) in [5.41, 5.74) is 6.62.